The highest BCUT2D eigenvalue weighted by atomic mass is 16.2. The number of nitrogens with two attached hydrogens (primary N) is 1. The van der Waals surface area contributed by atoms with Gasteiger partial charge >= 0.3 is 0 Å². The highest BCUT2D eigenvalue weighted by Gasteiger charge is 2.30. The van der Waals surface area contributed by atoms with E-state index in [0.29, 0.717) is 29.7 Å². The molecule has 2 aromatic rings. The van der Waals surface area contributed by atoms with Gasteiger partial charge in [0.15, 0.2) is 0 Å². The summed E-state index contributed by atoms with van der Waals surface area (Å²) in [5, 5.41) is 6.12. The second kappa shape index (κ2) is 8.97. The van der Waals surface area contributed by atoms with Crippen LogP contribution in [0.15, 0.2) is 23.0 Å². The number of hydrogen-bond acceptors (Lipinski definition) is 6. The van der Waals surface area contributed by atoms with Gasteiger partial charge in [-0.25, -0.2) is 4.98 Å². The molecule has 0 aliphatic carbocycles. The van der Waals surface area contributed by atoms with E-state index >= 15 is 0 Å². The lowest BCUT2D eigenvalue weighted by atomic mass is 10.1. The molecule has 4 N–H and O–H groups in total. The number of carbonyl (C=O) groups is 2. The van der Waals surface area contributed by atoms with Crippen LogP contribution < -0.4 is 21.9 Å². The maximum atomic E-state index is 13.3. The van der Waals surface area contributed by atoms with E-state index in [9.17, 15) is 14.4 Å². The van der Waals surface area contributed by atoms with Gasteiger partial charge in [0.25, 0.3) is 5.56 Å². The van der Waals surface area contributed by atoms with E-state index in [1.54, 1.807) is 13.0 Å². The largest absolute Gasteiger partial charge is 0.384 e. The highest BCUT2D eigenvalue weighted by molar-refractivity contribution is 5.99. The minimum Gasteiger partial charge on any atom is -0.384 e. The van der Waals surface area contributed by atoms with Crippen molar-refractivity contribution in [1.29, 1.82) is 0 Å². The van der Waals surface area contributed by atoms with E-state index in [1.807, 2.05) is 12.1 Å². The Hall–Kier alpha value is -2.74. The van der Waals surface area contributed by atoms with Gasteiger partial charge in [-0.15, -0.1) is 0 Å². The maximum absolute atomic E-state index is 13.3. The topological polar surface area (TPSA) is 119 Å². The molecule has 1 saturated heterocycles. The Bertz CT molecular complexity index is 937. The van der Waals surface area contributed by atoms with Crippen molar-refractivity contribution in [1.82, 2.24) is 14.9 Å². The number of imide groups is 1. The van der Waals surface area contributed by atoms with Crippen molar-refractivity contribution < 1.29 is 9.59 Å². The third-order valence-electron chi connectivity index (χ3n) is 5.07. The molecule has 0 saturated carbocycles. The van der Waals surface area contributed by atoms with Crippen molar-refractivity contribution in [2.75, 3.05) is 18.4 Å². The maximum Gasteiger partial charge on any atom is 0.264 e. The average Bonchev–Trinajstić information content (AvgIpc) is 2.66. The minimum atomic E-state index is -0.716. The van der Waals surface area contributed by atoms with Gasteiger partial charge in [-0.05, 0) is 44.9 Å². The highest BCUT2D eigenvalue weighted by Crippen LogP contribution is 2.23. The molecule has 0 spiro atoms. The van der Waals surface area contributed by atoms with E-state index in [1.165, 1.54) is 4.57 Å². The number of piperidine rings is 1. The zero-order chi connectivity index (χ0) is 20.1. The first kappa shape index (κ1) is 20.0. The van der Waals surface area contributed by atoms with Crippen LogP contribution in [-0.4, -0.2) is 34.5 Å². The van der Waals surface area contributed by atoms with Crippen molar-refractivity contribution in [2.24, 2.45) is 5.73 Å². The van der Waals surface area contributed by atoms with Gasteiger partial charge in [0.05, 0.1) is 10.9 Å². The molecular weight excluding hydrogens is 358 g/mol. The molecule has 2 amide bonds. The fourth-order valence-corrected chi connectivity index (χ4v) is 3.64. The van der Waals surface area contributed by atoms with E-state index in [2.05, 4.69) is 15.6 Å². The molecular formula is C20H27N5O3. The molecule has 1 unspecified atom stereocenters. The predicted octanol–water partition coefficient (Wildman–Crippen LogP) is 1.61. The number of aryl methyl sites for hydroxylation is 1. The van der Waals surface area contributed by atoms with Crippen molar-refractivity contribution in [3.8, 4) is 0 Å². The van der Waals surface area contributed by atoms with Gasteiger partial charge in [-0.3, -0.25) is 24.3 Å². The van der Waals surface area contributed by atoms with Crippen LogP contribution in [0.3, 0.4) is 0 Å². The van der Waals surface area contributed by atoms with E-state index in [0.717, 1.165) is 37.9 Å². The first-order chi connectivity index (χ1) is 13.5. The van der Waals surface area contributed by atoms with Crippen molar-refractivity contribution >= 4 is 28.4 Å². The summed E-state index contributed by atoms with van der Waals surface area (Å²) in [5.41, 5.74) is 6.56. The lowest BCUT2D eigenvalue weighted by molar-refractivity contribution is -0.135. The molecule has 1 aromatic heterocycles. The van der Waals surface area contributed by atoms with Gasteiger partial charge < -0.3 is 11.1 Å². The van der Waals surface area contributed by atoms with Crippen LogP contribution in [0.5, 0.6) is 0 Å². The quantitative estimate of drug-likeness (QED) is 0.469. The second-order valence-electron chi connectivity index (χ2n) is 7.13. The zero-order valence-electron chi connectivity index (χ0n) is 16.2. The van der Waals surface area contributed by atoms with Gasteiger partial charge in [-0.2, -0.15) is 0 Å². The Labute approximate surface area is 163 Å². The summed E-state index contributed by atoms with van der Waals surface area (Å²) < 4.78 is 1.41. The van der Waals surface area contributed by atoms with Gasteiger partial charge in [0.2, 0.25) is 11.8 Å². The molecule has 1 atom stereocenters. The third kappa shape index (κ3) is 4.22. The fourth-order valence-electron chi connectivity index (χ4n) is 3.64. The van der Waals surface area contributed by atoms with E-state index in [4.69, 9.17) is 5.73 Å². The summed E-state index contributed by atoms with van der Waals surface area (Å²) in [6.45, 7) is 3.17. The summed E-state index contributed by atoms with van der Waals surface area (Å²) in [6.07, 6.45) is 4.69. The minimum absolute atomic E-state index is 0.211. The Morgan fingerprint density at radius 2 is 2.00 bits per heavy atom. The Morgan fingerprint density at radius 3 is 2.75 bits per heavy atom. The molecule has 0 radical (unpaired) electrons. The van der Waals surface area contributed by atoms with E-state index in [-0.39, 0.29) is 17.9 Å². The number of nitrogens with one attached hydrogen (secondary N) is 2. The fraction of sp³-hybridized carbons (Fsp3) is 0.500. The van der Waals surface area contributed by atoms with Crippen molar-refractivity contribution in [2.45, 2.75) is 51.5 Å². The predicted molar refractivity (Wildman–Crippen MR) is 108 cm³/mol. The number of rotatable bonds is 8. The number of hydrogen-bond donors (Lipinski definition) is 3. The summed E-state index contributed by atoms with van der Waals surface area (Å²) in [7, 11) is 0. The zero-order valence-corrected chi connectivity index (χ0v) is 16.2. The van der Waals surface area contributed by atoms with Crippen LogP contribution in [0.2, 0.25) is 0 Å². The molecule has 0 bridgehead atoms. The van der Waals surface area contributed by atoms with Crippen molar-refractivity contribution in [3.63, 3.8) is 0 Å². The molecule has 1 aliphatic heterocycles. The monoisotopic (exact) mass is 385 g/mol. The summed E-state index contributed by atoms with van der Waals surface area (Å²) >= 11 is 0. The number of unbranched alkanes of at least 4 members (excludes halogenated alkanes) is 3. The molecule has 3 rings (SSSR count). The van der Waals surface area contributed by atoms with E-state index < -0.39 is 11.9 Å². The summed E-state index contributed by atoms with van der Waals surface area (Å²) in [6, 6.07) is 4.80. The number of anilines is 1. The lowest BCUT2D eigenvalue weighted by Crippen LogP contribution is -2.45. The molecule has 150 valence electrons. The van der Waals surface area contributed by atoms with Gasteiger partial charge in [0, 0.05) is 18.7 Å². The van der Waals surface area contributed by atoms with Crippen LogP contribution in [0, 0.1) is 6.92 Å². The Morgan fingerprint density at radius 1 is 1.21 bits per heavy atom. The molecule has 2 heterocycles. The van der Waals surface area contributed by atoms with Crippen LogP contribution in [0.4, 0.5) is 5.69 Å². The third-order valence-corrected chi connectivity index (χ3v) is 5.07. The standard InChI is InChI=1S/C20H27N5O3/c1-13-23-15-8-6-7-14(22-12-5-3-2-4-11-21)18(15)20(28)25(13)16-9-10-17(26)24-19(16)27/h6-8,16,22H,2-5,9-12,21H2,1H3,(H,24,26,27). The normalized spacial score (nSPS) is 17.0. The van der Waals surface area contributed by atoms with Crippen LogP contribution in [0.1, 0.15) is 50.4 Å². The number of carbonyl (C=O) groups excluding carboxylic acids is 2. The second-order valence-corrected chi connectivity index (χ2v) is 7.13. The molecule has 1 aliphatic rings. The van der Waals surface area contributed by atoms with Gasteiger partial charge in [0.1, 0.15) is 11.9 Å². The number of aromatic nitrogens is 2. The number of benzene rings is 1. The first-order valence-electron chi connectivity index (χ1n) is 9.82. The smallest absolute Gasteiger partial charge is 0.264 e. The summed E-state index contributed by atoms with van der Waals surface area (Å²) in [4.78, 5) is 41.5. The Balaban J connectivity index is 1.89. The number of fused-ring (bicyclic) bond motifs is 1. The molecule has 8 heteroatoms. The molecule has 28 heavy (non-hydrogen) atoms. The van der Waals surface area contributed by atoms with Crippen LogP contribution in [0.25, 0.3) is 10.9 Å². The van der Waals surface area contributed by atoms with Crippen LogP contribution >= 0.6 is 0 Å². The summed E-state index contributed by atoms with van der Waals surface area (Å²) in [5.74, 6) is -0.295. The average molecular weight is 385 g/mol. The SMILES string of the molecule is Cc1nc2cccc(NCCCCCCN)c2c(=O)n1C1CCC(=O)NC1=O. The van der Waals surface area contributed by atoms with Gasteiger partial charge in [-0.1, -0.05) is 18.9 Å². The van der Waals surface area contributed by atoms with Crippen LogP contribution in [-0.2, 0) is 9.59 Å². The Kier molecular flexibility index (Phi) is 6.41. The molecule has 1 aromatic carbocycles. The lowest BCUT2D eigenvalue weighted by Gasteiger charge is -2.24. The first-order valence-corrected chi connectivity index (χ1v) is 9.82. The number of amides is 2. The molecule has 1 fully saturated rings. The molecule has 8 nitrogen and oxygen atoms in total. The van der Waals surface area contributed by atoms with Crippen molar-refractivity contribution in [3.05, 3.63) is 34.4 Å². The number of nitrogens with zero attached hydrogens (tertiary/aromatic N) is 2.